The van der Waals surface area contributed by atoms with Crippen LogP contribution in [-0.2, 0) is 0 Å². The number of aromatic nitrogens is 4. The molecule has 4 rings (SSSR count). The van der Waals surface area contributed by atoms with Crippen LogP contribution in [0.4, 0.5) is 0 Å². The van der Waals surface area contributed by atoms with Gasteiger partial charge in [-0.3, -0.25) is 0 Å². The Balaban J connectivity index is 1.14. The molecule has 2 N–H and O–H groups in total. The van der Waals surface area contributed by atoms with Crippen molar-refractivity contribution in [1.29, 1.82) is 0 Å². The number of unbranched alkanes of at least 4 members (excludes halogenated alkanes) is 2. The number of rotatable bonds is 8. The van der Waals surface area contributed by atoms with Crippen LogP contribution in [0.2, 0.25) is 0 Å². The second kappa shape index (κ2) is 7.25. The van der Waals surface area contributed by atoms with Crippen LogP contribution in [0.1, 0.15) is 19.3 Å². The zero-order chi connectivity index (χ0) is 16.9. The lowest BCUT2D eigenvalue weighted by molar-refractivity contribution is 0.270. The summed E-state index contributed by atoms with van der Waals surface area (Å²) in [7, 11) is 0. The average Bonchev–Trinajstić information content (AvgIpc) is 3.29. The number of ether oxygens (including phenoxy) is 2. The largest absolute Gasteiger partial charge is 0.478 e. The van der Waals surface area contributed by atoms with Gasteiger partial charge in [0.1, 0.15) is 0 Å². The minimum atomic E-state index is 0.663. The molecule has 0 saturated carbocycles. The van der Waals surface area contributed by atoms with E-state index in [9.17, 15) is 0 Å². The maximum atomic E-state index is 5.71. The van der Waals surface area contributed by atoms with Crippen molar-refractivity contribution in [2.24, 2.45) is 0 Å². The van der Waals surface area contributed by atoms with Crippen LogP contribution in [0.15, 0.2) is 48.8 Å². The van der Waals surface area contributed by atoms with Crippen molar-refractivity contribution in [2.75, 3.05) is 13.2 Å². The van der Waals surface area contributed by atoms with Crippen molar-refractivity contribution < 1.29 is 9.47 Å². The summed E-state index contributed by atoms with van der Waals surface area (Å²) < 4.78 is 11.4. The summed E-state index contributed by atoms with van der Waals surface area (Å²) in [6.07, 6.45) is 6.74. The molecule has 0 saturated heterocycles. The molecule has 4 aromatic heterocycles. The molecule has 25 heavy (non-hydrogen) atoms. The molecular formula is C19H20N4O2. The van der Waals surface area contributed by atoms with E-state index in [1.807, 2.05) is 48.8 Å². The van der Waals surface area contributed by atoms with Crippen LogP contribution in [0.5, 0.6) is 11.8 Å². The van der Waals surface area contributed by atoms with E-state index in [0.717, 1.165) is 41.3 Å². The van der Waals surface area contributed by atoms with Crippen LogP contribution in [0.3, 0.4) is 0 Å². The molecule has 0 aliphatic carbocycles. The zero-order valence-corrected chi connectivity index (χ0v) is 13.9. The molecule has 0 atom stereocenters. The van der Waals surface area contributed by atoms with Gasteiger partial charge in [-0.15, -0.1) is 0 Å². The third-order valence-electron chi connectivity index (χ3n) is 4.05. The van der Waals surface area contributed by atoms with Crippen LogP contribution in [0.25, 0.3) is 22.1 Å². The Bertz CT molecular complexity index is 882. The Kier molecular flexibility index (Phi) is 4.50. The monoisotopic (exact) mass is 336 g/mol. The van der Waals surface area contributed by atoms with Gasteiger partial charge in [0.25, 0.3) is 0 Å². The van der Waals surface area contributed by atoms with E-state index in [1.54, 1.807) is 0 Å². The first-order valence-corrected chi connectivity index (χ1v) is 8.52. The van der Waals surface area contributed by atoms with Crippen molar-refractivity contribution in [3.63, 3.8) is 0 Å². The molecule has 0 fully saturated rings. The van der Waals surface area contributed by atoms with E-state index in [2.05, 4.69) is 19.9 Å². The maximum Gasteiger partial charge on any atom is 0.213 e. The summed E-state index contributed by atoms with van der Waals surface area (Å²) in [4.78, 5) is 15.1. The van der Waals surface area contributed by atoms with E-state index in [0.29, 0.717) is 25.0 Å². The van der Waals surface area contributed by atoms with Crippen LogP contribution in [-0.4, -0.2) is 33.1 Å². The van der Waals surface area contributed by atoms with Gasteiger partial charge in [0.2, 0.25) is 11.8 Å². The molecule has 0 bridgehead atoms. The third-order valence-corrected chi connectivity index (χ3v) is 4.05. The molecule has 6 nitrogen and oxygen atoms in total. The molecule has 6 heteroatoms. The highest BCUT2D eigenvalue weighted by molar-refractivity contribution is 5.75. The molecule has 0 radical (unpaired) electrons. The van der Waals surface area contributed by atoms with Gasteiger partial charge in [-0.1, -0.05) is 0 Å². The first-order chi connectivity index (χ1) is 12.4. The second-order valence-corrected chi connectivity index (χ2v) is 5.88. The number of fused-ring (bicyclic) bond motifs is 2. The predicted molar refractivity (Wildman–Crippen MR) is 97.0 cm³/mol. The third kappa shape index (κ3) is 3.74. The zero-order valence-electron chi connectivity index (χ0n) is 13.9. The molecule has 4 heterocycles. The minimum Gasteiger partial charge on any atom is -0.478 e. The molecule has 0 unspecified atom stereocenters. The Hall–Kier alpha value is -3.02. The van der Waals surface area contributed by atoms with E-state index < -0.39 is 0 Å². The van der Waals surface area contributed by atoms with Gasteiger partial charge >= 0.3 is 0 Å². The quantitative estimate of drug-likeness (QED) is 0.476. The van der Waals surface area contributed by atoms with Crippen molar-refractivity contribution in [2.45, 2.75) is 19.3 Å². The number of hydrogen-bond donors (Lipinski definition) is 2. The molecule has 0 aliphatic rings. The predicted octanol–water partition coefficient (Wildman–Crippen LogP) is 4.07. The summed E-state index contributed by atoms with van der Waals surface area (Å²) in [5.74, 6) is 1.35. The standard InChI is InChI=1S/C19H20N4O2/c1(2-12-24-18-6-4-14-16(22-18)8-10-20-14)3-13-25-19-7-5-15-17(23-19)9-11-21-15/h4-11,20-21H,1-3,12-13H2. The summed E-state index contributed by atoms with van der Waals surface area (Å²) in [5.41, 5.74) is 3.91. The van der Waals surface area contributed by atoms with E-state index in [-0.39, 0.29) is 0 Å². The number of hydrogen-bond acceptors (Lipinski definition) is 4. The summed E-state index contributed by atoms with van der Waals surface area (Å²) in [6.45, 7) is 1.33. The lowest BCUT2D eigenvalue weighted by Gasteiger charge is -2.07. The highest BCUT2D eigenvalue weighted by Gasteiger charge is 2.01. The fourth-order valence-electron chi connectivity index (χ4n) is 2.73. The molecule has 0 spiro atoms. The second-order valence-electron chi connectivity index (χ2n) is 5.88. The molecule has 0 aliphatic heterocycles. The number of nitrogens with one attached hydrogen (secondary N) is 2. The Morgan fingerprint density at radius 1 is 0.640 bits per heavy atom. The maximum absolute atomic E-state index is 5.71. The Morgan fingerprint density at radius 3 is 1.68 bits per heavy atom. The number of H-pyrrole nitrogens is 2. The topological polar surface area (TPSA) is 75.8 Å². The summed E-state index contributed by atoms with van der Waals surface area (Å²) in [6, 6.07) is 11.6. The fourth-order valence-corrected chi connectivity index (χ4v) is 2.73. The minimum absolute atomic E-state index is 0.663. The summed E-state index contributed by atoms with van der Waals surface area (Å²) in [5, 5.41) is 0. The van der Waals surface area contributed by atoms with Gasteiger partial charge in [0, 0.05) is 24.5 Å². The van der Waals surface area contributed by atoms with Crippen LogP contribution in [0, 0.1) is 0 Å². The molecule has 0 amide bonds. The van der Waals surface area contributed by atoms with Gasteiger partial charge in [-0.05, 0) is 43.5 Å². The Labute approximate surface area is 145 Å². The van der Waals surface area contributed by atoms with Gasteiger partial charge in [-0.2, -0.15) is 0 Å². The van der Waals surface area contributed by atoms with Gasteiger partial charge in [-0.25, -0.2) is 9.97 Å². The van der Waals surface area contributed by atoms with Crippen LogP contribution >= 0.6 is 0 Å². The lowest BCUT2D eigenvalue weighted by Crippen LogP contribution is -2.02. The van der Waals surface area contributed by atoms with Gasteiger partial charge in [0.05, 0.1) is 35.3 Å². The van der Waals surface area contributed by atoms with Crippen LogP contribution < -0.4 is 9.47 Å². The van der Waals surface area contributed by atoms with Crippen molar-refractivity contribution in [3.8, 4) is 11.8 Å². The Morgan fingerprint density at radius 2 is 1.16 bits per heavy atom. The van der Waals surface area contributed by atoms with Gasteiger partial charge < -0.3 is 19.4 Å². The summed E-state index contributed by atoms with van der Waals surface area (Å²) >= 11 is 0. The molecule has 0 aromatic carbocycles. The SMILES string of the molecule is c1cc2nc(OCCCCCOc3ccc4[nH]ccc4n3)ccc2[nH]1. The first-order valence-electron chi connectivity index (χ1n) is 8.52. The van der Waals surface area contributed by atoms with E-state index in [1.165, 1.54) is 0 Å². The normalized spacial score (nSPS) is 11.2. The highest BCUT2D eigenvalue weighted by Crippen LogP contribution is 2.16. The number of aromatic amines is 2. The molecule has 128 valence electrons. The van der Waals surface area contributed by atoms with Crippen molar-refractivity contribution in [1.82, 2.24) is 19.9 Å². The van der Waals surface area contributed by atoms with E-state index >= 15 is 0 Å². The van der Waals surface area contributed by atoms with Crippen molar-refractivity contribution >= 4 is 22.1 Å². The number of pyridine rings is 2. The van der Waals surface area contributed by atoms with Crippen molar-refractivity contribution in [3.05, 3.63) is 48.8 Å². The first kappa shape index (κ1) is 15.5. The van der Waals surface area contributed by atoms with Gasteiger partial charge in [0.15, 0.2) is 0 Å². The average molecular weight is 336 g/mol. The highest BCUT2D eigenvalue weighted by atomic mass is 16.5. The lowest BCUT2D eigenvalue weighted by atomic mass is 10.2. The number of nitrogens with zero attached hydrogens (tertiary/aromatic N) is 2. The smallest absolute Gasteiger partial charge is 0.213 e. The fraction of sp³-hybridized carbons (Fsp3) is 0.263. The van der Waals surface area contributed by atoms with E-state index in [4.69, 9.17) is 9.47 Å². The molecular weight excluding hydrogens is 316 g/mol. The molecule has 4 aromatic rings.